The molecule has 2 amide bonds. The lowest BCUT2D eigenvalue weighted by molar-refractivity contribution is -0.142. The van der Waals surface area contributed by atoms with Crippen LogP contribution < -0.4 is 10.1 Å². The van der Waals surface area contributed by atoms with Crippen LogP contribution in [0.5, 0.6) is 5.75 Å². The summed E-state index contributed by atoms with van der Waals surface area (Å²) in [7, 11) is 0. The first kappa shape index (κ1) is 26.2. The number of ether oxygens (including phenoxy) is 1. The zero-order valence-electron chi connectivity index (χ0n) is 20.4. The van der Waals surface area contributed by atoms with Crippen LogP contribution in [0.4, 0.5) is 4.39 Å². The molecule has 7 heteroatoms. The molecule has 2 aromatic carbocycles. The van der Waals surface area contributed by atoms with Gasteiger partial charge in [-0.15, -0.1) is 0 Å². The van der Waals surface area contributed by atoms with Crippen molar-refractivity contribution in [3.05, 3.63) is 63.9 Å². The first-order chi connectivity index (χ1) is 16.0. The van der Waals surface area contributed by atoms with Crippen molar-refractivity contribution in [2.45, 2.75) is 77.4 Å². The molecule has 0 radical (unpaired) electrons. The van der Waals surface area contributed by atoms with Crippen molar-refractivity contribution in [3.63, 3.8) is 0 Å². The Labute approximate surface area is 210 Å². The summed E-state index contributed by atoms with van der Waals surface area (Å²) in [6.45, 7) is 8.08. The second-order valence-electron chi connectivity index (χ2n) is 10.00. The number of nitrogens with zero attached hydrogens (tertiary/aromatic N) is 1. The normalized spacial score (nSPS) is 15.1. The van der Waals surface area contributed by atoms with E-state index in [4.69, 9.17) is 4.74 Å². The maximum Gasteiger partial charge on any atom is 0.261 e. The average Bonchev–Trinajstić information content (AvgIpc) is 3.29. The van der Waals surface area contributed by atoms with Crippen LogP contribution in [0.2, 0.25) is 0 Å². The predicted octanol–water partition coefficient (Wildman–Crippen LogP) is 5.74. The SMILES string of the molecule is CC(C(=O)NC1CCCC1)N(Cc1ccc(F)cc1)C(=O)COc1ccc(C(C)(C)C)cc1Br. The van der Waals surface area contributed by atoms with Gasteiger partial charge in [-0.3, -0.25) is 9.59 Å². The molecule has 1 aliphatic carbocycles. The van der Waals surface area contributed by atoms with E-state index >= 15 is 0 Å². The van der Waals surface area contributed by atoms with Gasteiger partial charge in [0.05, 0.1) is 4.47 Å². The van der Waals surface area contributed by atoms with Crippen LogP contribution in [0, 0.1) is 5.82 Å². The van der Waals surface area contributed by atoms with Crippen LogP contribution in [0.25, 0.3) is 0 Å². The van der Waals surface area contributed by atoms with Gasteiger partial charge in [-0.1, -0.05) is 51.8 Å². The van der Waals surface area contributed by atoms with E-state index in [0.29, 0.717) is 5.75 Å². The molecule has 5 nitrogen and oxygen atoms in total. The molecular weight excluding hydrogens is 499 g/mol. The van der Waals surface area contributed by atoms with E-state index in [0.717, 1.165) is 41.3 Å². The lowest BCUT2D eigenvalue weighted by atomic mass is 9.87. The fourth-order valence-electron chi connectivity index (χ4n) is 4.07. The molecule has 2 aromatic rings. The molecule has 1 saturated carbocycles. The number of amides is 2. The zero-order valence-corrected chi connectivity index (χ0v) is 22.0. The van der Waals surface area contributed by atoms with Gasteiger partial charge in [-0.2, -0.15) is 0 Å². The molecule has 1 aliphatic rings. The Morgan fingerprint density at radius 2 is 1.79 bits per heavy atom. The second-order valence-corrected chi connectivity index (χ2v) is 10.9. The number of hydrogen-bond donors (Lipinski definition) is 1. The first-order valence-electron chi connectivity index (χ1n) is 11.8. The summed E-state index contributed by atoms with van der Waals surface area (Å²) in [5.41, 5.74) is 1.88. The Morgan fingerprint density at radius 3 is 2.38 bits per heavy atom. The molecule has 3 rings (SSSR count). The molecule has 0 aliphatic heterocycles. The number of benzene rings is 2. The Balaban J connectivity index is 1.72. The van der Waals surface area contributed by atoms with Crippen molar-refractivity contribution in [1.29, 1.82) is 0 Å². The van der Waals surface area contributed by atoms with Crippen molar-refractivity contribution in [2.75, 3.05) is 6.61 Å². The van der Waals surface area contributed by atoms with Crippen LogP contribution in [0.3, 0.4) is 0 Å². The van der Waals surface area contributed by atoms with Gasteiger partial charge in [-0.25, -0.2) is 4.39 Å². The molecular formula is C27H34BrFN2O3. The molecule has 1 fully saturated rings. The summed E-state index contributed by atoms with van der Waals surface area (Å²) in [6, 6.07) is 11.3. The number of carbonyl (C=O) groups excluding carboxylic acids is 2. The topological polar surface area (TPSA) is 58.6 Å². The highest BCUT2D eigenvalue weighted by Crippen LogP contribution is 2.31. The van der Waals surface area contributed by atoms with Gasteiger partial charge < -0.3 is 15.0 Å². The monoisotopic (exact) mass is 532 g/mol. The van der Waals surface area contributed by atoms with Crippen LogP contribution in [-0.4, -0.2) is 35.4 Å². The van der Waals surface area contributed by atoms with Gasteiger partial charge >= 0.3 is 0 Å². The maximum atomic E-state index is 13.4. The third-order valence-corrected chi connectivity index (χ3v) is 6.90. The first-order valence-corrected chi connectivity index (χ1v) is 12.6. The summed E-state index contributed by atoms with van der Waals surface area (Å²) in [5, 5.41) is 3.07. The Kier molecular flexibility index (Phi) is 8.74. The lowest BCUT2D eigenvalue weighted by Gasteiger charge is -2.29. The number of halogens is 2. The molecule has 0 heterocycles. The largest absolute Gasteiger partial charge is 0.483 e. The molecule has 34 heavy (non-hydrogen) atoms. The van der Waals surface area contributed by atoms with Crippen LogP contribution >= 0.6 is 15.9 Å². The Hall–Kier alpha value is -2.41. The fourth-order valence-corrected chi connectivity index (χ4v) is 4.56. The molecule has 1 atom stereocenters. The van der Waals surface area contributed by atoms with E-state index < -0.39 is 6.04 Å². The molecule has 0 aromatic heterocycles. The second kappa shape index (κ2) is 11.3. The van der Waals surface area contributed by atoms with Gasteiger partial charge in [0.15, 0.2) is 6.61 Å². The molecule has 0 saturated heterocycles. The maximum absolute atomic E-state index is 13.4. The van der Waals surface area contributed by atoms with Gasteiger partial charge in [0.2, 0.25) is 5.91 Å². The fraction of sp³-hybridized carbons (Fsp3) is 0.481. The van der Waals surface area contributed by atoms with Crippen LogP contribution in [0.1, 0.15) is 64.5 Å². The van der Waals surface area contributed by atoms with Crippen LogP contribution in [-0.2, 0) is 21.5 Å². The van der Waals surface area contributed by atoms with Gasteiger partial charge in [0.1, 0.15) is 17.6 Å². The highest BCUT2D eigenvalue weighted by Gasteiger charge is 2.29. The minimum atomic E-state index is -0.687. The molecule has 0 bridgehead atoms. The molecule has 0 spiro atoms. The third kappa shape index (κ3) is 7.05. The molecule has 1 unspecified atom stereocenters. The van der Waals surface area contributed by atoms with Crippen molar-refractivity contribution in [2.24, 2.45) is 0 Å². The molecule has 1 N–H and O–H groups in total. The number of carbonyl (C=O) groups is 2. The Bertz CT molecular complexity index is 998. The number of rotatable bonds is 8. The standard InChI is InChI=1S/C27H34BrFN2O3/c1-18(26(33)30-22-7-5-6-8-22)31(16-19-9-12-21(29)13-10-19)25(32)17-34-24-14-11-20(15-23(24)28)27(2,3)4/h9-15,18,22H,5-8,16-17H2,1-4H3,(H,30,33). The summed E-state index contributed by atoms with van der Waals surface area (Å²) in [5.74, 6) is -0.282. The summed E-state index contributed by atoms with van der Waals surface area (Å²) >= 11 is 3.54. The van der Waals surface area contributed by atoms with E-state index in [1.54, 1.807) is 19.1 Å². The van der Waals surface area contributed by atoms with Gasteiger partial charge in [-0.05, 0) is 76.5 Å². The predicted molar refractivity (Wildman–Crippen MR) is 135 cm³/mol. The highest BCUT2D eigenvalue weighted by molar-refractivity contribution is 9.10. The van der Waals surface area contributed by atoms with Crippen LogP contribution in [0.15, 0.2) is 46.9 Å². The number of hydrogen-bond acceptors (Lipinski definition) is 3. The van der Waals surface area contributed by atoms with Crippen molar-refractivity contribution in [3.8, 4) is 5.75 Å². The number of nitrogens with one attached hydrogen (secondary N) is 1. The van der Waals surface area contributed by atoms with E-state index in [1.807, 2.05) is 18.2 Å². The van der Waals surface area contributed by atoms with Crippen molar-refractivity contribution < 1.29 is 18.7 Å². The lowest BCUT2D eigenvalue weighted by Crippen LogP contribution is -2.50. The zero-order chi connectivity index (χ0) is 24.9. The van der Waals surface area contributed by atoms with Crippen molar-refractivity contribution in [1.82, 2.24) is 10.2 Å². The quantitative estimate of drug-likeness (QED) is 0.471. The minimum Gasteiger partial charge on any atom is -0.483 e. The smallest absolute Gasteiger partial charge is 0.261 e. The summed E-state index contributed by atoms with van der Waals surface area (Å²) < 4.78 is 20.0. The molecule has 184 valence electrons. The van der Waals surface area contributed by atoms with E-state index in [-0.39, 0.29) is 42.2 Å². The summed E-state index contributed by atoms with van der Waals surface area (Å²) in [6.07, 6.45) is 4.14. The van der Waals surface area contributed by atoms with Gasteiger partial charge in [0, 0.05) is 12.6 Å². The Morgan fingerprint density at radius 1 is 1.15 bits per heavy atom. The van der Waals surface area contributed by atoms with Crippen molar-refractivity contribution >= 4 is 27.7 Å². The average molecular weight is 533 g/mol. The van der Waals surface area contributed by atoms with E-state index in [2.05, 4.69) is 42.0 Å². The third-order valence-electron chi connectivity index (χ3n) is 6.28. The van der Waals surface area contributed by atoms with E-state index in [9.17, 15) is 14.0 Å². The van der Waals surface area contributed by atoms with Gasteiger partial charge in [0.25, 0.3) is 5.91 Å². The highest BCUT2D eigenvalue weighted by atomic mass is 79.9. The summed E-state index contributed by atoms with van der Waals surface area (Å²) in [4.78, 5) is 27.7. The van der Waals surface area contributed by atoms with E-state index in [1.165, 1.54) is 17.0 Å². The minimum absolute atomic E-state index is 0.00899.